The molecular weight excluding hydrogens is 162 g/mol. The first kappa shape index (κ1) is 9.32. The molecule has 1 atom stereocenters. The summed E-state index contributed by atoms with van der Waals surface area (Å²) in [6.45, 7) is 0. The van der Waals surface area contributed by atoms with Crippen LogP contribution in [0.2, 0.25) is 0 Å². The predicted octanol–water partition coefficient (Wildman–Crippen LogP) is 1.61. The SMILES string of the molecule is C#CC[C@H](O)c1ccc(C#N)cc1. The Labute approximate surface area is 77.4 Å². The number of aliphatic hydroxyl groups excluding tert-OH is 1. The average Bonchev–Trinajstić information content (AvgIpc) is 2.18. The third kappa shape index (κ3) is 2.33. The van der Waals surface area contributed by atoms with E-state index in [0.717, 1.165) is 5.56 Å². The standard InChI is InChI=1S/C11H9NO/c1-2-3-11(13)10-6-4-9(8-12)5-7-10/h1,4-7,11,13H,3H2/t11-/m0/s1. The lowest BCUT2D eigenvalue weighted by Crippen LogP contribution is -1.95. The van der Waals surface area contributed by atoms with Gasteiger partial charge in [-0.25, -0.2) is 0 Å². The van der Waals surface area contributed by atoms with Crippen LogP contribution in [0.5, 0.6) is 0 Å². The van der Waals surface area contributed by atoms with Crippen LogP contribution < -0.4 is 0 Å². The number of aliphatic hydroxyl groups is 1. The molecule has 0 radical (unpaired) electrons. The van der Waals surface area contributed by atoms with E-state index in [-0.39, 0.29) is 0 Å². The van der Waals surface area contributed by atoms with E-state index in [0.29, 0.717) is 12.0 Å². The van der Waals surface area contributed by atoms with Crippen LogP contribution in [-0.2, 0) is 0 Å². The maximum absolute atomic E-state index is 9.46. The molecule has 1 N–H and O–H groups in total. The number of nitriles is 1. The molecule has 2 heteroatoms. The minimum atomic E-state index is -0.627. The van der Waals surface area contributed by atoms with Crippen LogP contribution in [0.15, 0.2) is 24.3 Å². The molecule has 0 fully saturated rings. The van der Waals surface area contributed by atoms with E-state index in [9.17, 15) is 5.11 Å². The van der Waals surface area contributed by atoms with Crippen LogP contribution >= 0.6 is 0 Å². The second kappa shape index (κ2) is 4.30. The highest BCUT2D eigenvalue weighted by Crippen LogP contribution is 2.15. The monoisotopic (exact) mass is 171 g/mol. The predicted molar refractivity (Wildman–Crippen MR) is 49.6 cm³/mol. The number of nitrogens with zero attached hydrogens (tertiary/aromatic N) is 1. The molecule has 0 aliphatic rings. The van der Waals surface area contributed by atoms with Crippen molar-refractivity contribution in [3.05, 3.63) is 35.4 Å². The largest absolute Gasteiger partial charge is 0.387 e. The molecule has 2 nitrogen and oxygen atoms in total. The zero-order chi connectivity index (χ0) is 9.68. The Morgan fingerprint density at radius 1 is 1.38 bits per heavy atom. The number of hydrogen-bond donors (Lipinski definition) is 1. The van der Waals surface area contributed by atoms with E-state index in [1.807, 2.05) is 6.07 Å². The zero-order valence-electron chi connectivity index (χ0n) is 7.07. The molecule has 0 aliphatic carbocycles. The van der Waals surface area contributed by atoms with Crippen molar-refractivity contribution in [2.45, 2.75) is 12.5 Å². The summed E-state index contributed by atoms with van der Waals surface area (Å²) in [7, 11) is 0. The molecule has 1 aromatic rings. The lowest BCUT2D eigenvalue weighted by molar-refractivity contribution is 0.184. The van der Waals surface area contributed by atoms with Crippen LogP contribution in [-0.4, -0.2) is 5.11 Å². The third-order valence-electron chi connectivity index (χ3n) is 1.74. The molecule has 0 amide bonds. The van der Waals surface area contributed by atoms with Crippen molar-refractivity contribution in [1.29, 1.82) is 5.26 Å². The maximum atomic E-state index is 9.46. The minimum Gasteiger partial charge on any atom is -0.387 e. The van der Waals surface area contributed by atoms with Crippen LogP contribution in [0.4, 0.5) is 0 Å². The molecule has 13 heavy (non-hydrogen) atoms. The maximum Gasteiger partial charge on any atom is 0.0991 e. The average molecular weight is 171 g/mol. The molecule has 0 unspecified atom stereocenters. The van der Waals surface area contributed by atoms with Crippen molar-refractivity contribution in [3.8, 4) is 18.4 Å². The van der Waals surface area contributed by atoms with Crippen molar-refractivity contribution in [1.82, 2.24) is 0 Å². The van der Waals surface area contributed by atoms with Gasteiger partial charge in [-0.15, -0.1) is 12.3 Å². The Bertz CT molecular complexity index is 353. The van der Waals surface area contributed by atoms with Gasteiger partial charge in [-0.05, 0) is 17.7 Å². The summed E-state index contributed by atoms with van der Waals surface area (Å²) in [5.74, 6) is 2.38. The number of hydrogen-bond acceptors (Lipinski definition) is 2. The molecule has 1 rings (SSSR count). The Morgan fingerprint density at radius 3 is 2.46 bits per heavy atom. The van der Waals surface area contributed by atoms with Crippen LogP contribution in [0.3, 0.4) is 0 Å². The van der Waals surface area contributed by atoms with Crippen molar-refractivity contribution >= 4 is 0 Å². The molecule has 0 aromatic heterocycles. The van der Waals surface area contributed by atoms with E-state index >= 15 is 0 Å². The summed E-state index contributed by atoms with van der Waals surface area (Å²) in [4.78, 5) is 0. The molecule has 64 valence electrons. The lowest BCUT2D eigenvalue weighted by atomic mass is 10.1. The van der Waals surface area contributed by atoms with Crippen LogP contribution in [0.25, 0.3) is 0 Å². The highest BCUT2D eigenvalue weighted by atomic mass is 16.3. The Morgan fingerprint density at radius 2 is 2.00 bits per heavy atom. The molecule has 0 aliphatic heterocycles. The molecule has 0 heterocycles. The first-order chi connectivity index (χ1) is 6.27. The van der Waals surface area contributed by atoms with Gasteiger partial charge in [0.15, 0.2) is 0 Å². The van der Waals surface area contributed by atoms with Gasteiger partial charge in [-0.1, -0.05) is 12.1 Å². The van der Waals surface area contributed by atoms with Crippen molar-refractivity contribution in [2.24, 2.45) is 0 Å². The third-order valence-corrected chi connectivity index (χ3v) is 1.74. The molecule has 0 spiro atoms. The second-order valence-electron chi connectivity index (χ2n) is 2.66. The number of benzene rings is 1. The van der Waals surface area contributed by atoms with Crippen molar-refractivity contribution in [2.75, 3.05) is 0 Å². The summed E-state index contributed by atoms with van der Waals surface area (Å²) in [6.07, 6.45) is 4.73. The van der Waals surface area contributed by atoms with Gasteiger partial charge in [0, 0.05) is 6.42 Å². The van der Waals surface area contributed by atoms with E-state index in [2.05, 4.69) is 5.92 Å². The fourth-order valence-electron chi connectivity index (χ4n) is 1.01. The van der Waals surface area contributed by atoms with Gasteiger partial charge < -0.3 is 5.11 Å². The topological polar surface area (TPSA) is 44.0 Å². The molecule has 0 bridgehead atoms. The van der Waals surface area contributed by atoms with E-state index in [4.69, 9.17) is 11.7 Å². The molecule has 1 aromatic carbocycles. The zero-order valence-corrected chi connectivity index (χ0v) is 7.07. The van der Waals surface area contributed by atoms with E-state index < -0.39 is 6.10 Å². The van der Waals surface area contributed by atoms with Crippen LogP contribution in [0.1, 0.15) is 23.7 Å². The van der Waals surface area contributed by atoms with Crippen molar-refractivity contribution < 1.29 is 5.11 Å². The highest BCUT2D eigenvalue weighted by Gasteiger charge is 2.04. The minimum absolute atomic E-state index is 0.298. The highest BCUT2D eigenvalue weighted by molar-refractivity contribution is 5.32. The molecule has 0 saturated carbocycles. The van der Waals surface area contributed by atoms with Gasteiger partial charge in [-0.2, -0.15) is 5.26 Å². The van der Waals surface area contributed by atoms with Gasteiger partial charge in [-0.3, -0.25) is 0 Å². The first-order valence-electron chi connectivity index (χ1n) is 3.89. The summed E-state index contributed by atoms with van der Waals surface area (Å²) < 4.78 is 0. The number of terminal acetylenes is 1. The quantitative estimate of drug-likeness (QED) is 0.687. The van der Waals surface area contributed by atoms with Gasteiger partial charge in [0.1, 0.15) is 0 Å². The summed E-state index contributed by atoms with van der Waals surface area (Å²) in [6, 6.07) is 8.74. The number of rotatable bonds is 2. The van der Waals surface area contributed by atoms with E-state index in [1.54, 1.807) is 24.3 Å². The lowest BCUT2D eigenvalue weighted by Gasteiger charge is -2.06. The second-order valence-corrected chi connectivity index (χ2v) is 2.66. The molecule has 0 saturated heterocycles. The van der Waals surface area contributed by atoms with Gasteiger partial charge >= 0.3 is 0 Å². The summed E-state index contributed by atoms with van der Waals surface area (Å²) in [5.41, 5.74) is 1.33. The Balaban J connectivity index is 2.82. The Hall–Kier alpha value is -1.77. The van der Waals surface area contributed by atoms with E-state index in [1.165, 1.54) is 0 Å². The van der Waals surface area contributed by atoms with Gasteiger partial charge in [0.2, 0.25) is 0 Å². The van der Waals surface area contributed by atoms with Gasteiger partial charge in [0.05, 0.1) is 17.7 Å². The Kier molecular flexibility index (Phi) is 3.09. The van der Waals surface area contributed by atoms with Crippen LogP contribution in [0, 0.1) is 23.7 Å². The normalized spacial score (nSPS) is 11.3. The fraction of sp³-hybridized carbons (Fsp3) is 0.182. The van der Waals surface area contributed by atoms with Gasteiger partial charge in [0.25, 0.3) is 0 Å². The fourth-order valence-corrected chi connectivity index (χ4v) is 1.01. The summed E-state index contributed by atoms with van der Waals surface area (Å²) >= 11 is 0. The smallest absolute Gasteiger partial charge is 0.0991 e. The molecular formula is C11H9NO. The van der Waals surface area contributed by atoms with Crippen molar-refractivity contribution in [3.63, 3.8) is 0 Å². The summed E-state index contributed by atoms with van der Waals surface area (Å²) in [5, 5.41) is 18.0. The first-order valence-corrected chi connectivity index (χ1v) is 3.89.